The van der Waals surface area contributed by atoms with Gasteiger partial charge >= 0.3 is 0 Å². The fraction of sp³-hybridized carbons (Fsp3) is 0.455. The molecule has 0 saturated heterocycles. The predicted molar refractivity (Wildman–Crippen MR) is 60.4 cm³/mol. The van der Waals surface area contributed by atoms with Gasteiger partial charge in [0.05, 0.1) is 0 Å². The molecule has 2 rings (SSSR count). The highest BCUT2D eigenvalue weighted by atomic mass is 79.9. The first-order valence-corrected chi connectivity index (χ1v) is 5.64. The van der Waals surface area contributed by atoms with Gasteiger partial charge < -0.3 is 4.90 Å². The van der Waals surface area contributed by atoms with Crippen LogP contribution in [-0.4, -0.2) is 13.1 Å². The van der Waals surface area contributed by atoms with Gasteiger partial charge in [0.1, 0.15) is 0 Å². The quantitative estimate of drug-likeness (QED) is 0.767. The van der Waals surface area contributed by atoms with Crippen LogP contribution in [0.1, 0.15) is 18.9 Å². The Labute approximate surface area is 87.9 Å². The van der Waals surface area contributed by atoms with E-state index in [2.05, 4.69) is 46.0 Å². The van der Waals surface area contributed by atoms with E-state index < -0.39 is 0 Å². The van der Waals surface area contributed by atoms with E-state index in [1.54, 1.807) is 0 Å². The van der Waals surface area contributed by atoms with Crippen LogP contribution in [0.5, 0.6) is 0 Å². The lowest BCUT2D eigenvalue weighted by Crippen LogP contribution is -2.20. The number of anilines is 1. The summed E-state index contributed by atoms with van der Waals surface area (Å²) in [6, 6.07) is 6.60. The molecule has 13 heavy (non-hydrogen) atoms. The zero-order valence-corrected chi connectivity index (χ0v) is 9.47. The summed E-state index contributed by atoms with van der Waals surface area (Å²) in [5.74, 6) is 0. The first-order valence-electron chi connectivity index (χ1n) is 4.84. The Bertz CT molecular complexity index is 307. The first-order chi connectivity index (χ1) is 6.31. The number of halogens is 1. The van der Waals surface area contributed by atoms with Crippen molar-refractivity contribution in [2.24, 2.45) is 0 Å². The van der Waals surface area contributed by atoms with E-state index in [1.807, 2.05) is 0 Å². The molecule has 0 saturated carbocycles. The van der Waals surface area contributed by atoms with Gasteiger partial charge in [-0.25, -0.2) is 0 Å². The fourth-order valence-electron chi connectivity index (χ4n) is 1.92. The highest BCUT2D eigenvalue weighted by Gasteiger charge is 2.17. The Morgan fingerprint density at radius 2 is 2.31 bits per heavy atom. The highest BCUT2D eigenvalue weighted by molar-refractivity contribution is 9.10. The van der Waals surface area contributed by atoms with E-state index in [9.17, 15) is 0 Å². The fourth-order valence-corrected chi connectivity index (χ4v) is 2.27. The summed E-state index contributed by atoms with van der Waals surface area (Å²) in [6.45, 7) is 4.61. The summed E-state index contributed by atoms with van der Waals surface area (Å²) in [6.07, 6.45) is 2.44. The molecule has 0 fully saturated rings. The molecule has 0 unspecified atom stereocenters. The summed E-state index contributed by atoms with van der Waals surface area (Å²) in [7, 11) is 0. The molecule has 0 amide bonds. The van der Waals surface area contributed by atoms with Crippen LogP contribution in [0.15, 0.2) is 22.7 Å². The Balaban J connectivity index is 2.29. The molecular weight excluding hydrogens is 226 g/mol. The molecule has 2 heteroatoms. The second kappa shape index (κ2) is 3.70. The minimum Gasteiger partial charge on any atom is -0.371 e. The number of hydrogen-bond donors (Lipinski definition) is 0. The molecule has 1 aromatic carbocycles. The topological polar surface area (TPSA) is 3.24 Å². The van der Waals surface area contributed by atoms with E-state index in [1.165, 1.54) is 41.7 Å². The van der Waals surface area contributed by atoms with Crippen molar-refractivity contribution in [3.8, 4) is 0 Å². The molecule has 70 valence electrons. The molecule has 0 bridgehead atoms. The van der Waals surface area contributed by atoms with Gasteiger partial charge in [0, 0.05) is 23.2 Å². The van der Waals surface area contributed by atoms with Gasteiger partial charge in [0.15, 0.2) is 0 Å². The number of nitrogens with zero attached hydrogens (tertiary/aromatic N) is 1. The van der Waals surface area contributed by atoms with Crippen molar-refractivity contribution in [3.05, 3.63) is 28.2 Å². The van der Waals surface area contributed by atoms with Crippen molar-refractivity contribution >= 4 is 21.6 Å². The molecule has 1 aliphatic rings. The minimum absolute atomic E-state index is 1.18. The maximum Gasteiger partial charge on any atom is 0.0410 e. The van der Waals surface area contributed by atoms with Crippen LogP contribution in [-0.2, 0) is 6.42 Å². The summed E-state index contributed by atoms with van der Waals surface area (Å²) in [5.41, 5.74) is 2.92. The van der Waals surface area contributed by atoms with Crippen molar-refractivity contribution in [1.29, 1.82) is 0 Å². The van der Waals surface area contributed by atoms with Crippen LogP contribution in [0.4, 0.5) is 5.69 Å². The van der Waals surface area contributed by atoms with Gasteiger partial charge in [-0.1, -0.05) is 28.9 Å². The summed E-state index contributed by atoms with van der Waals surface area (Å²) >= 11 is 3.52. The Morgan fingerprint density at radius 1 is 1.46 bits per heavy atom. The zero-order chi connectivity index (χ0) is 9.26. The lowest BCUT2D eigenvalue weighted by atomic mass is 10.2. The Morgan fingerprint density at radius 3 is 3.08 bits per heavy atom. The molecular formula is C11H14BrN. The standard InChI is InChI=1S/C11H14BrN/c1-2-6-13-7-5-9-3-4-10(12)8-11(9)13/h3-4,8H,2,5-7H2,1H3. The van der Waals surface area contributed by atoms with E-state index >= 15 is 0 Å². The highest BCUT2D eigenvalue weighted by Crippen LogP contribution is 2.30. The lowest BCUT2D eigenvalue weighted by molar-refractivity contribution is 0.796. The van der Waals surface area contributed by atoms with Crippen molar-refractivity contribution in [3.63, 3.8) is 0 Å². The van der Waals surface area contributed by atoms with Gasteiger partial charge in [0.25, 0.3) is 0 Å². The van der Waals surface area contributed by atoms with Crippen molar-refractivity contribution in [1.82, 2.24) is 0 Å². The molecule has 0 radical (unpaired) electrons. The second-order valence-electron chi connectivity index (χ2n) is 3.51. The van der Waals surface area contributed by atoms with Crippen molar-refractivity contribution in [2.45, 2.75) is 19.8 Å². The van der Waals surface area contributed by atoms with Gasteiger partial charge in [0.2, 0.25) is 0 Å². The molecule has 1 aromatic rings. The van der Waals surface area contributed by atoms with Gasteiger partial charge in [-0.2, -0.15) is 0 Å². The summed E-state index contributed by atoms with van der Waals surface area (Å²) in [4.78, 5) is 2.47. The van der Waals surface area contributed by atoms with E-state index in [4.69, 9.17) is 0 Å². The third kappa shape index (κ3) is 1.73. The number of fused-ring (bicyclic) bond motifs is 1. The molecule has 1 aliphatic heterocycles. The average molecular weight is 240 g/mol. The van der Waals surface area contributed by atoms with Crippen LogP contribution in [0.3, 0.4) is 0 Å². The molecule has 0 N–H and O–H groups in total. The van der Waals surface area contributed by atoms with Crippen LogP contribution in [0.25, 0.3) is 0 Å². The van der Waals surface area contributed by atoms with Crippen LogP contribution in [0.2, 0.25) is 0 Å². The molecule has 0 aliphatic carbocycles. The minimum atomic E-state index is 1.18. The van der Waals surface area contributed by atoms with Gasteiger partial charge in [-0.15, -0.1) is 0 Å². The molecule has 0 spiro atoms. The smallest absolute Gasteiger partial charge is 0.0410 e. The van der Waals surface area contributed by atoms with Crippen LogP contribution in [0, 0.1) is 0 Å². The van der Waals surface area contributed by atoms with Crippen molar-refractivity contribution in [2.75, 3.05) is 18.0 Å². The maximum absolute atomic E-state index is 3.52. The Hall–Kier alpha value is -0.500. The zero-order valence-electron chi connectivity index (χ0n) is 7.89. The SMILES string of the molecule is CCCN1CCc2ccc(Br)cc21. The first kappa shape index (κ1) is 9.07. The average Bonchev–Trinajstić information content (AvgIpc) is 2.49. The largest absolute Gasteiger partial charge is 0.371 e. The second-order valence-corrected chi connectivity index (χ2v) is 4.43. The maximum atomic E-state index is 3.52. The monoisotopic (exact) mass is 239 g/mol. The lowest BCUT2D eigenvalue weighted by Gasteiger charge is -2.18. The van der Waals surface area contributed by atoms with Gasteiger partial charge in [-0.05, 0) is 30.5 Å². The molecule has 0 atom stereocenters. The Kier molecular flexibility index (Phi) is 2.58. The normalized spacial score (nSPS) is 14.8. The summed E-state index contributed by atoms with van der Waals surface area (Å²) in [5, 5.41) is 0. The molecule has 1 nitrogen and oxygen atoms in total. The number of hydrogen-bond acceptors (Lipinski definition) is 1. The number of rotatable bonds is 2. The summed E-state index contributed by atoms with van der Waals surface area (Å²) < 4.78 is 1.19. The van der Waals surface area contributed by atoms with Crippen LogP contribution >= 0.6 is 15.9 Å². The molecule has 0 aromatic heterocycles. The number of benzene rings is 1. The van der Waals surface area contributed by atoms with E-state index in [0.29, 0.717) is 0 Å². The van der Waals surface area contributed by atoms with E-state index in [-0.39, 0.29) is 0 Å². The van der Waals surface area contributed by atoms with Crippen LogP contribution < -0.4 is 4.90 Å². The van der Waals surface area contributed by atoms with Gasteiger partial charge in [-0.3, -0.25) is 0 Å². The van der Waals surface area contributed by atoms with E-state index in [0.717, 1.165) is 0 Å². The third-order valence-electron chi connectivity index (χ3n) is 2.53. The van der Waals surface area contributed by atoms with Crippen molar-refractivity contribution < 1.29 is 0 Å². The third-order valence-corrected chi connectivity index (χ3v) is 3.03. The predicted octanol–water partition coefficient (Wildman–Crippen LogP) is 3.22. The molecule has 1 heterocycles.